The van der Waals surface area contributed by atoms with Gasteiger partial charge in [0.25, 0.3) is 0 Å². The van der Waals surface area contributed by atoms with Gasteiger partial charge in [0, 0.05) is 27.6 Å². The molecule has 2 aromatic heterocycles. The van der Waals surface area contributed by atoms with E-state index in [-0.39, 0.29) is 0 Å². The Bertz CT molecular complexity index is 2900. The van der Waals surface area contributed by atoms with Crippen molar-refractivity contribution in [2.75, 3.05) is 0 Å². The second-order valence-corrected chi connectivity index (χ2v) is 14.0. The average Bonchev–Trinajstić information content (AvgIpc) is 3.29. The lowest BCUT2D eigenvalue weighted by atomic mass is 9.92. The first-order chi connectivity index (χ1) is 27.7. The van der Waals surface area contributed by atoms with Crippen LogP contribution in [0.4, 0.5) is 0 Å². The summed E-state index contributed by atoms with van der Waals surface area (Å²) in [6, 6.07) is 74.5. The molecule has 0 atom stereocenters. The number of aromatic nitrogens is 3. The highest BCUT2D eigenvalue weighted by Crippen LogP contribution is 2.38. The molecule has 8 aromatic carbocycles. The molecule has 0 aliphatic heterocycles. The largest absolute Gasteiger partial charge is 0.248 e. The van der Waals surface area contributed by atoms with Crippen LogP contribution in [0.15, 0.2) is 212 Å². The van der Waals surface area contributed by atoms with Gasteiger partial charge in [-0.15, -0.1) is 0 Å². The van der Waals surface area contributed by atoms with E-state index in [9.17, 15) is 0 Å². The molecule has 56 heavy (non-hydrogen) atoms. The maximum atomic E-state index is 5.15. The molecule has 0 spiro atoms. The van der Waals surface area contributed by atoms with Gasteiger partial charge in [-0.2, -0.15) is 0 Å². The Balaban J connectivity index is 0.963. The van der Waals surface area contributed by atoms with Gasteiger partial charge in [0.15, 0.2) is 5.82 Å². The van der Waals surface area contributed by atoms with E-state index in [4.69, 9.17) is 15.0 Å². The summed E-state index contributed by atoms with van der Waals surface area (Å²) in [7, 11) is 0. The average molecular weight is 714 g/mol. The molecule has 0 unspecified atom stereocenters. The number of rotatable bonds is 7. The van der Waals surface area contributed by atoms with Gasteiger partial charge in [-0.25, -0.2) is 15.0 Å². The lowest BCUT2D eigenvalue weighted by Gasteiger charge is -2.14. The minimum Gasteiger partial charge on any atom is -0.248 e. The second-order valence-electron chi connectivity index (χ2n) is 14.0. The van der Waals surface area contributed by atoms with Crippen LogP contribution in [0.5, 0.6) is 0 Å². The Morgan fingerprint density at radius 1 is 0.268 bits per heavy atom. The number of hydrogen-bond acceptors (Lipinski definition) is 3. The molecule has 0 radical (unpaired) electrons. The van der Waals surface area contributed by atoms with E-state index >= 15 is 0 Å². The van der Waals surface area contributed by atoms with E-state index in [1.807, 2.05) is 42.5 Å². The summed E-state index contributed by atoms with van der Waals surface area (Å²) in [5.41, 5.74) is 15.0. The quantitative estimate of drug-likeness (QED) is 0.154. The van der Waals surface area contributed by atoms with Crippen molar-refractivity contribution in [3.63, 3.8) is 0 Å². The maximum Gasteiger partial charge on any atom is 0.160 e. The molecule has 10 aromatic rings. The van der Waals surface area contributed by atoms with Crippen molar-refractivity contribution in [1.29, 1.82) is 0 Å². The molecule has 3 heteroatoms. The molecule has 0 aliphatic carbocycles. The van der Waals surface area contributed by atoms with Crippen molar-refractivity contribution < 1.29 is 0 Å². The standard InChI is InChI=1S/C53H35N3/c1-5-13-39(14-6-1)47-34-49(40-15-7-2-8-16-40)54-48-32-30-45-33-44(29-31-46(45)52(47)48)38-23-21-36(22-24-38)37-25-27-43(28-26-37)53-55-50(41-17-9-3-10-18-41)35-51(56-53)42-19-11-4-12-20-42/h1-35H. The predicted molar refractivity (Wildman–Crippen MR) is 233 cm³/mol. The Morgan fingerprint density at radius 2 is 0.696 bits per heavy atom. The Labute approximate surface area is 326 Å². The van der Waals surface area contributed by atoms with Gasteiger partial charge in [-0.05, 0) is 68.4 Å². The number of pyridine rings is 1. The molecule has 0 aliphatic rings. The van der Waals surface area contributed by atoms with Crippen LogP contribution < -0.4 is 0 Å². The van der Waals surface area contributed by atoms with E-state index < -0.39 is 0 Å². The highest BCUT2D eigenvalue weighted by molar-refractivity contribution is 6.14. The molecular weight excluding hydrogens is 679 g/mol. The summed E-state index contributed by atoms with van der Waals surface area (Å²) in [5, 5.41) is 3.56. The molecule has 2 heterocycles. The molecule has 0 saturated heterocycles. The van der Waals surface area contributed by atoms with Crippen molar-refractivity contribution in [1.82, 2.24) is 15.0 Å². The normalized spacial score (nSPS) is 11.2. The van der Waals surface area contributed by atoms with Crippen LogP contribution in [0.1, 0.15) is 0 Å². The summed E-state index contributed by atoms with van der Waals surface area (Å²) in [6.45, 7) is 0. The fourth-order valence-electron chi connectivity index (χ4n) is 7.60. The van der Waals surface area contributed by atoms with E-state index in [1.54, 1.807) is 0 Å². The summed E-state index contributed by atoms with van der Waals surface area (Å²) < 4.78 is 0. The van der Waals surface area contributed by atoms with E-state index in [0.717, 1.165) is 56.0 Å². The molecule has 0 N–H and O–H groups in total. The highest BCUT2D eigenvalue weighted by Gasteiger charge is 2.14. The minimum absolute atomic E-state index is 0.708. The Hall–Kier alpha value is -7.49. The van der Waals surface area contributed by atoms with Crippen molar-refractivity contribution in [3.05, 3.63) is 212 Å². The van der Waals surface area contributed by atoms with Crippen LogP contribution in [0.3, 0.4) is 0 Å². The fraction of sp³-hybridized carbons (Fsp3) is 0. The van der Waals surface area contributed by atoms with Crippen molar-refractivity contribution in [2.45, 2.75) is 0 Å². The van der Waals surface area contributed by atoms with E-state index in [1.165, 1.54) is 38.4 Å². The zero-order valence-corrected chi connectivity index (χ0v) is 30.5. The second kappa shape index (κ2) is 14.4. The molecule has 3 nitrogen and oxygen atoms in total. The molecule has 0 fully saturated rings. The minimum atomic E-state index is 0.708. The zero-order chi connectivity index (χ0) is 37.3. The van der Waals surface area contributed by atoms with E-state index in [2.05, 4.69) is 170 Å². The molecule has 0 saturated carbocycles. The molecule has 262 valence electrons. The Kier molecular flexibility index (Phi) is 8.51. The van der Waals surface area contributed by atoms with Crippen LogP contribution in [0.2, 0.25) is 0 Å². The summed E-state index contributed by atoms with van der Waals surface area (Å²) >= 11 is 0. The van der Waals surface area contributed by atoms with Gasteiger partial charge in [0.1, 0.15) is 0 Å². The lowest BCUT2D eigenvalue weighted by Crippen LogP contribution is -1.95. The summed E-state index contributed by atoms with van der Waals surface area (Å²) in [5.74, 6) is 0.708. The van der Waals surface area contributed by atoms with Crippen LogP contribution >= 0.6 is 0 Å². The number of hydrogen-bond donors (Lipinski definition) is 0. The van der Waals surface area contributed by atoms with E-state index in [0.29, 0.717) is 5.82 Å². The first kappa shape index (κ1) is 33.1. The third-order valence-corrected chi connectivity index (χ3v) is 10.5. The SMILES string of the molecule is c1ccc(-c2cc(-c3ccccc3)nc(-c3ccc(-c4ccc(-c5ccc6c(ccc7nc(-c8ccccc8)cc(-c8ccccc8)c76)c5)cc4)cc3)n2)cc1. The van der Waals surface area contributed by atoms with Gasteiger partial charge in [0.2, 0.25) is 0 Å². The van der Waals surface area contributed by atoms with Crippen LogP contribution in [-0.4, -0.2) is 15.0 Å². The zero-order valence-electron chi connectivity index (χ0n) is 30.5. The predicted octanol–water partition coefficient (Wildman–Crippen LogP) is 13.8. The van der Waals surface area contributed by atoms with Crippen molar-refractivity contribution in [3.8, 4) is 78.5 Å². The molecular formula is C53H35N3. The lowest BCUT2D eigenvalue weighted by molar-refractivity contribution is 1.18. The van der Waals surface area contributed by atoms with Crippen LogP contribution in [0, 0.1) is 0 Å². The fourth-order valence-corrected chi connectivity index (χ4v) is 7.60. The van der Waals surface area contributed by atoms with Crippen molar-refractivity contribution >= 4 is 21.7 Å². The first-order valence-corrected chi connectivity index (χ1v) is 18.9. The highest BCUT2D eigenvalue weighted by atomic mass is 14.9. The Morgan fingerprint density at radius 3 is 1.21 bits per heavy atom. The third kappa shape index (κ3) is 6.42. The van der Waals surface area contributed by atoms with Crippen LogP contribution in [0.25, 0.3) is 100 Å². The monoisotopic (exact) mass is 713 g/mol. The summed E-state index contributed by atoms with van der Waals surface area (Å²) in [4.78, 5) is 15.2. The first-order valence-electron chi connectivity index (χ1n) is 18.9. The van der Waals surface area contributed by atoms with Gasteiger partial charge >= 0.3 is 0 Å². The maximum absolute atomic E-state index is 5.15. The van der Waals surface area contributed by atoms with Crippen molar-refractivity contribution in [2.24, 2.45) is 0 Å². The third-order valence-electron chi connectivity index (χ3n) is 10.5. The number of nitrogens with zero attached hydrogens (tertiary/aromatic N) is 3. The smallest absolute Gasteiger partial charge is 0.160 e. The molecule has 0 amide bonds. The molecule has 0 bridgehead atoms. The van der Waals surface area contributed by atoms with Gasteiger partial charge in [0.05, 0.1) is 22.6 Å². The topological polar surface area (TPSA) is 38.7 Å². The van der Waals surface area contributed by atoms with Gasteiger partial charge < -0.3 is 0 Å². The number of benzene rings is 8. The van der Waals surface area contributed by atoms with Gasteiger partial charge in [-0.3, -0.25) is 0 Å². The summed E-state index contributed by atoms with van der Waals surface area (Å²) in [6.07, 6.45) is 0. The van der Waals surface area contributed by atoms with Gasteiger partial charge in [-0.1, -0.05) is 188 Å². The van der Waals surface area contributed by atoms with Crippen LogP contribution in [-0.2, 0) is 0 Å². The number of fused-ring (bicyclic) bond motifs is 3. The molecule has 10 rings (SSSR count).